The quantitative estimate of drug-likeness (QED) is 0.0320. The van der Waals surface area contributed by atoms with E-state index in [1.165, 1.54) is 11.3 Å². The van der Waals surface area contributed by atoms with Gasteiger partial charge in [0.15, 0.2) is 5.13 Å². The van der Waals surface area contributed by atoms with Gasteiger partial charge in [0.1, 0.15) is 24.1 Å². The number of nitrogens with zero attached hydrogens (tertiary/aromatic N) is 8. The molecule has 1 saturated heterocycles. The summed E-state index contributed by atoms with van der Waals surface area (Å²) in [4.78, 5) is 64.1. The van der Waals surface area contributed by atoms with Crippen LogP contribution in [0.4, 0.5) is 24.4 Å². The van der Waals surface area contributed by atoms with Gasteiger partial charge in [-0.2, -0.15) is 0 Å². The zero-order valence-corrected chi connectivity index (χ0v) is 49.3. The summed E-state index contributed by atoms with van der Waals surface area (Å²) in [5.41, 5.74) is 4.10. The van der Waals surface area contributed by atoms with E-state index in [0.717, 1.165) is 60.7 Å². The molecule has 6 aromatic rings. The molecule has 1 fully saturated rings. The summed E-state index contributed by atoms with van der Waals surface area (Å²) in [5.74, 6) is 0.263. The monoisotopic (exact) mass is 1200 g/mol. The zero-order chi connectivity index (χ0) is 59.3. The molecule has 452 valence electrons. The van der Waals surface area contributed by atoms with Crippen LogP contribution in [0.1, 0.15) is 53.4 Å². The Morgan fingerprint density at radius 3 is 2.14 bits per heavy atom. The minimum absolute atomic E-state index is 0.0409. The van der Waals surface area contributed by atoms with Crippen molar-refractivity contribution in [1.29, 1.82) is 0 Å². The number of thiazole rings is 1. The summed E-state index contributed by atoms with van der Waals surface area (Å²) in [5, 5.41) is 19.5. The molecular formula is C60H76ClF2N11O9S. The number of hydrogen-bond donors (Lipinski definition) is 3. The van der Waals surface area contributed by atoms with Gasteiger partial charge in [-0.1, -0.05) is 71.4 Å². The van der Waals surface area contributed by atoms with Crippen molar-refractivity contribution in [2.24, 2.45) is 0 Å². The van der Waals surface area contributed by atoms with Crippen LogP contribution in [0.5, 0.6) is 11.5 Å². The number of piperazine rings is 1. The van der Waals surface area contributed by atoms with E-state index in [1.54, 1.807) is 88.9 Å². The SMILES string of the molecule is CN(CCCCOc1ccc(CCC(=O)N(CC(F)F)C(C(=O)NCc2ccc(Cl)cc2)c2ccccc2)cc1)CCOCCOCCc1cn(CCOCCOc2ccc(NC(=O)Nc3nc(CC(=O)N4CCN(C)CC4)cs3)cc2)nn1. The molecule has 1 aliphatic heterocycles. The van der Waals surface area contributed by atoms with Crippen molar-refractivity contribution in [2.45, 2.75) is 64.1 Å². The summed E-state index contributed by atoms with van der Waals surface area (Å²) >= 11 is 7.27. The lowest BCUT2D eigenvalue weighted by Gasteiger charge is -2.32. The number of aryl methyl sites for hydroxylation is 1. The zero-order valence-electron chi connectivity index (χ0n) is 47.7. The summed E-state index contributed by atoms with van der Waals surface area (Å²) in [6.07, 6.45) is 1.91. The number of urea groups is 1. The average molecular weight is 1200 g/mol. The number of ether oxygens (including phenoxy) is 5. The number of likely N-dealkylation sites (N-methyl/N-ethyl adjacent to an activating group) is 2. The molecule has 5 amide bonds. The molecule has 3 N–H and O–H groups in total. The first-order chi connectivity index (χ1) is 40.8. The van der Waals surface area contributed by atoms with Gasteiger partial charge in [-0.15, -0.1) is 16.4 Å². The van der Waals surface area contributed by atoms with Gasteiger partial charge < -0.3 is 53.9 Å². The number of alkyl halides is 2. The van der Waals surface area contributed by atoms with E-state index in [1.807, 2.05) is 42.4 Å². The molecule has 1 aliphatic rings. The maximum Gasteiger partial charge on any atom is 0.325 e. The minimum atomic E-state index is -2.84. The van der Waals surface area contributed by atoms with Crippen molar-refractivity contribution < 1.29 is 51.6 Å². The van der Waals surface area contributed by atoms with Crippen LogP contribution in [-0.2, 0) is 60.9 Å². The highest BCUT2D eigenvalue weighted by Crippen LogP contribution is 2.26. The minimum Gasteiger partial charge on any atom is -0.494 e. The van der Waals surface area contributed by atoms with Crippen LogP contribution in [0.3, 0.4) is 0 Å². The van der Waals surface area contributed by atoms with Crippen molar-refractivity contribution in [2.75, 3.05) is 123 Å². The average Bonchev–Trinajstić information content (AvgIpc) is 4.07. The van der Waals surface area contributed by atoms with Gasteiger partial charge in [0.25, 0.3) is 6.43 Å². The lowest BCUT2D eigenvalue weighted by Crippen LogP contribution is -2.47. The van der Waals surface area contributed by atoms with Gasteiger partial charge in [0.2, 0.25) is 17.7 Å². The fourth-order valence-electron chi connectivity index (χ4n) is 8.85. The third kappa shape index (κ3) is 23.1. The fourth-order valence-corrected chi connectivity index (χ4v) is 9.68. The summed E-state index contributed by atoms with van der Waals surface area (Å²) in [6, 6.07) is 28.1. The van der Waals surface area contributed by atoms with Crippen LogP contribution in [0, 0.1) is 0 Å². The van der Waals surface area contributed by atoms with Gasteiger partial charge in [-0.3, -0.25) is 19.7 Å². The van der Waals surface area contributed by atoms with Crippen molar-refractivity contribution in [3.63, 3.8) is 0 Å². The highest BCUT2D eigenvalue weighted by molar-refractivity contribution is 7.14. The molecule has 0 radical (unpaired) electrons. The number of unbranched alkanes of at least 4 members (excludes halogenated alkanes) is 1. The second kappa shape index (κ2) is 35.2. The van der Waals surface area contributed by atoms with Gasteiger partial charge in [-0.05, 0) is 105 Å². The number of halogens is 3. The maximum atomic E-state index is 14.0. The molecule has 3 heterocycles. The van der Waals surface area contributed by atoms with E-state index < -0.39 is 36.9 Å². The topological polar surface area (TPSA) is 207 Å². The van der Waals surface area contributed by atoms with Crippen molar-refractivity contribution >= 4 is 57.5 Å². The molecule has 1 unspecified atom stereocenters. The van der Waals surface area contributed by atoms with Gasteiger partial charge in [0.05, 0.1) is 77.1 Å². The Hall–Kier alpha value is -7.12. The number of benzene rings is 4. The highest BCUT2D eigenvalue weighted by atomic mass is 35.5. The maximum absolute atomic E-state index is 14.0. The Labute approximate surface area is 498 Å². The number of rotatable bonds is 36. The molecule has 24 heteroatoms. The Morgan fingerprint density at radius 1 is 0.726 bits per heavy atom. The van der Waals surface area contributed by atoms with Crippen LogP contribution >= 0.6 is 22.9 Å². The first-order valence-corrected chi connectivity index (χ1v) is 29.5. The number of anilines is 2. The molecular weight excluding hydrogens is 1120 g/mol. The normalized spacial score (nSPS) is 13.0. The van der Waals surface area contributed by atoms with Crippen LogP contribution in [0.15, 0.2) is 115 Å². The standard InChI is InChI=1S/C60H76ClF2N11O9S/c1-70(25-6-7-32-82-52-19-12-45(13-20-52)14-23-55(75)74(43-54(62)63)57(47-8-4-3-5-9-47)58(77)64-41-46-10-15-48(61)16-11-46)30-34-80-37-36-79-33-24-50-42-73(69-68-50)31-35-81-38-39-83-53-21-17-49(18-22-53)65-59(78)67-60-66-51(44-84-60)40-56(76)72-28-26-71(2)27-29-72/h3-5,8-13,15-22,42,44,54,57H,6-7,14,23-41,43H2,1-2H3,(H,64,77)(H2,65,66,67,78). The Morgan fingerprint density at radius 2 is 1.40 bits per heavy atom. The number of carbonyl (C=O) groups excluding carboxylic acids is 4. The lowest BCUT2D eigenvalue weighted by atomic mass is 10.0. The second-order valence-corrected chi connectivity index (χ2v) is 21.4. The molecule has 20 nitrogen and oxygen atoms in total. The van der Waals surface area contributed by atoms with Crippen LogP contribution < -0.4 is 25.4 Å². The van der Waals surface area contributed by atoms with E-state index >= 15 is 0 Å². The molecule has 7 rings (SSSR count). The summed E-state index contributed by atoms with van der Waals surface area (Å²) in [6.45, 7) is 8.35. The Kier molecular flexibility index (Phi) is 27.0. The molecule has 0 bridgehead atoms. The molecule has 1 atom stereocenters. The third-order valence-electron chi connectivity index (χ3n) is 13.6. The number of nitrogens with one attached hydrogen (secondary N) is 3. The molecule has 2 aromatic heterocycles. The number of hydrogen-bond acceptors (Lipinski definition) is 15. The number of carbonyl (C=O) groups is 4. The van der Waals surface area contributed by atoms with Crippen LogP contribution in [0.25, 0.3) is 0 Å². The van der Waals surface area contributed by atoms with E-state index in [4.69, 9.17) is 35.3 Å². The molecule has 0 saturated carbocycles. The van der Waals surface area contributed by atoms with E-state index in [-0.39, 0.29) is 25.3 Å². The first kappa shape index (κ1) is 64.4. The van der Waals surface area contributed by atoms with E-state index in [0.29, 0.717) is 124 Å². The van der Waals surface area contributed by atoms with Crippen molar-refractivity contribution in [3.8, 4) is 11.5 Å². The van der Waals surface area contributed by atoms with E-state index in [2.05, 4.69) is 48.1 Å². The highest BCUT2D eigenvalue weighted by Gasteiger charge is 2.33. The summed E-state index contributed by atoms with van der Waals surface area (Å²) in [7, 11) is 4.10. The predicted octanol–water partition coefficient (Wildman–Crippen LogP) is 7.89. The molecule has 0 aliphatic carbocycles. The third-order valence-corrected chi connectivity index (χ3v) is 14.6. The fraction of sp³-hybridized carbons (Fsp3) is 0.450. The smallest absolute Gasteiger partial charge is 0.325 e. The van der Waals surface area contributed by atoms with Crippen molar-refractivity contribution in [3.05, 3.63) is 148 Å². The Bertz CT molecular complexity index is 2900. The largest absolute Gasteiger partial charge is 0.494 e. The van der Waals surface area contributed by atoms with Gasteiger partial charge in [0, 0.05) is 74.4 Å². The molecule has 4 aromatic carbocycles. The van der Waals surface area contributed by atoms with Crippen LogP contribution in [-0.4, -0.2) is 183 Å². The second-order valence-electron chi connectivity index (χ2n) is 20.1. The van der Waals surface area contributed by atoms with Crippen molar-refractivity contribution in [1.82, 2.24) is 44.9 Å². The van der Waals surface area contributed by atoms with Gasteiger partial charge >= 0.3 is 6.03 Å². The van der Waals surface area contributed by atoms with Crippen LogP contribution in [0.2, 0.25) is 5.02 Å². The van der Waals surface area contributed by atoms with Gasteiger partial charge in [-0.25, -0.2) is 23.2 Å². The number of amides is 5. The molecule has 0 spiro atoms. The number of aromatic nitrogens is 4. The molecule has 84 heavy (non-hydrogen) atoms. The predicted molar refractivity (Wildman–Crippen MR) is 318 cm³/mol. The van der Waals surface area contributed by atoms with E-state index in [9.17, 15) is 28.0 Å². The first-order valence-electron chi connectivity index (χ1n) is 28.2. The lowest BCUT2D eigenvalue weighted by molar-refractivity contribution is -0.143. The summed E-state index contributed by atoms with van der Waals surface area (Å²) < 4.78 is 58.7. The Balaban J connectivity index is 0.662.